The Bertz CT molecular complexity index is 1720. The Balaban J connectivity index is 4.55. The van der Waals surface area contributed by atoms with Crippen molar-refractivity contribution in [2.75, 3.05) is 13.2 Å². The summed E-state index contributed by atoms with van der Waals surface area (Å²) in [5.41, 5.74) is 0. The first kappa shape index (κ1) is 67.8. The van der Waals surface area contributed by atoms with Crippen molar-refractivity contribution in [2.24, 2.45) is 0 Å². The SMILES string of the molecule is CC/C=C\C/C=C\C/C=C\C/C=C\C/C=C\C/C=C\CCC(=O)OC(COC(=O)CCCCC/C=C\C/C=C\C/C=C\CC)COC(=O)CCCCCCCCC/C=C\C/C=C\C/C=C\C/C=C\C/C=C\CC. The van der Waals surface area contributed by atoms with Gasteiger partial charge in [-0.15, -0.1) is 0 Å². The van der Waals surface area contributed by atoms with Crippen molar-refractivity contribution in [2.45, 2.75) is 219 Å². The van der Waals surface area contributed by atoms with Gasteiger partial charge in [-0.1, -0.05) is 229 Å². The molecule has 73 heavy (non-hydrogen) atoms. The molecule has 6 nitrogen and oxygen atoms in total. The summed E-state index contributed by atoms with van der Waals surface area (Å²) < 4.78 is 16.7. The molecule has 6 heteroatoms. The Hall–Kier alpha value is -5.23. The van der Waals surface area contributed by atoms with Gasteiger partial charge in [0.2, 0.25) is 0 Å². The molecule has 1 atom stereocenters. The largest absolute Gasteiger partial charge is 0.462 e. The average Bonchev–Trinajstić information content (AvgIpc) is 3.39. The maximum absolute atomic E-state index is 12.8. The van der Waals surface area contributed by atoms with E-state index in [2.05, 4.69) is 179 Å². The zero-order valence-corrected chi connectivity index (χ0v) is 46.3. The third kappa shape index (κ3) is 57.5. The summed E-state index contributed by atoms with van der Waals surface area (Å²) in [4.78, 5) is 38.1. The van der Waals surface area contributed by atoms with Crippen molar-refractivity contribution in [1.82, 2.24) is 0 Å². The van der Waals surface area contributed by atoms with Crippen molar-refractivity contribution in [3.63, 3.8) is 0 Å². The van der Waals surface area contributed by atoms with Crippen LogP contribution < -0.4 is 0 Å². The number of hydrogen-bond acceptors (Lipinski definition) is 6. The Morgan fingerprint density at radius 1 is 0.274 bits per heavy atom. The first-order chi connectivity index (χ1) is 36.0. The summed E-state index contributed by atoms with van der Waals surface area (Å²) in [5.74, 6) is -1.07. The molecule has 0 aliphatic rings. The third-order valence-electron chi connectivity index (χ3n) is 11.2. The molecule has 0 fully saturated rings. The van der Waals surface area contributed by atoms with Crippen LogP contribution in [0.4, 0.5) is 0 Å². The van der Waals surface area contributed by atoms with E-state index in [0.717, 1.165) is 148 Å². The van der Waals surface area contributed by atoms with Crippen molar-refractivity contribution in [3.05, 3.63) is 170 Å². The molecule has 0 radical (unpaired) electrons. The molecular weight excluding hydrogens is 901 g/mol. The molecule has 0 aliphatic heterocycles. The van der Waals surface area contributed by atoms with E-state index in [9.17, 15) is 14.4 Å². The van der Waals surface area contributed by atoms with Gasteiger partial charge in [0.05, 0.1) is 0 Å². The predicted octanol–water partition coefficient (Wildman–Crippen LogP) is 19.5. The van der Waals surface area contributed by atoms with Gasteiger partial charge in [0, 0.05) is 19.3 Å². The number of rotatable bonds is 49. The third-order valence-corrected chi connectivity index (χ3v) is 11.2. The van der Waals surface area contributed by atoms with Gasteiger partial charge < -0.3 is 14.2 Å². The molecule has 0 amide bonds. The van der Waals surface area contributed by atoms with E-state index >= 15 is 0 Å². The second-order valence-electron chi connectivity index (χ2n) is 18.0. The van der Waals surface area contributed by atoms with E-state index < -0.39 is 12.1 Å². The van der Waals surface area contributed by atoms with Crippen molar-refractivity contribution in [1.29, 1.82) is 0 Å². The molecular formula is C67H102O6. The van der Waals surface area contributed by atoms with Crippen LogP contribution >= 0.6 is 0 Å². The van der Waals surface area contributed by atoms with Crippen LogP contribution in [-0.2, 0) is 28.6 Å². The molecule has 0 bridgehead atoms. The zero-order chi connectivity index (χ0) is 52.9. The van der Waals surface area contributed by atoms with Crippen LogP contribution in [0.2, 0.25) is 0 Å². The van der Waals surface area contributed by atoms with Crippen molar-refractivity contribution >= 4 is 17.9 Å². The van der Waals surface area contributed by atoms with Crippen LogP contribution in [0.3, 0.4) is 0 Å². The Kier molecular flexibility index (Phi) is 55.1. The lowest BCUT2D eigenvalue weighted by Crippen LogP contribution is -2.30. The van der Waals surface area contributed by atoms with Crippen LogP contribution in [-0.4, -0.2) is 37.2 Å². The zero-order valence-electron chi connectivity index (χ0n) is 46.3. The highest BCUT2D eigenvalue weighted by Crippen LogP contribution is 2.12. The topological polar surface area (TPSA) is 78.9 Å². The summed E-state index contributed by atoms with van der Waals surface area (Å²) >= 11 is 0. The monoisotopic (exact) mass is 1000 g/mol. The summed E-state index contributed by atoms with van der Waals surface area (Å²) in [5, 5.41) is 0. The molecule has 0 aromatic rings. The summed E-state index contributed by atoms with van der Waals surface area (Å²) in [6.45, 7) is 6.18. The molecule has 0 saturated heterocycles. The molecule has 0 N–H and O–H groups in total. The number of allylic oxidation sites excluding steroid dienone is 28. The number of carbonyl (C=O) groups excluding carboxylic acids is 3. The van der Waals surface area contributed by atoms with E-state index in [1.165, 1.54) is 19.3 Å². The summed E-state index contributed by atoms with van der Waals surface area (Å²) in [6.07, 6.45) is 87.9. The molecule has 0 aromatic heterocycles. The maximum Gasteiger partial charge on any atom is 0.306 e. The second kappa shape index (κ2) is 59.3. The van der Waals surface area contributed by atoms with Gasteiger partial charge in [-0.3, -0.25) is 14.4 Å². The number of hydrogen-bond donors (Lipinski definition) is 0. The Morgan fingerprint density at radius 2 is 0.521 bits per heavy atom. The first-order valence-electron chi connectivity index (χ1n) is 28.6. The van der Waals surface area contributed by atoms with Gasteiger partial charge in [0.25, 0.3) is 0 Å². The summed E-state index contributed by atoms with van der Waals surface area (Å²) in [7, 11) is 0. The van der Waals surface area contributed by atoms with E-state index in [1.54, 1.807) is 0 Å². The standard InChI is InChI=1S/C67H102O6/c1-4-7-10-13-16-19-22-25-27-29-31-32-33-34-36-37-39-42-45-48-51-54-57-60-66(69)72-63-64(62-71-65(68)59-56-53-50-47-44-41-24-21-18-15-12-9-6-3)73-67(70)61-58-55-52-49-46-43-40-38-35-30-28-26-23-20-17-14-11-8-5-2/h7-12,16-21,25-28,31-32,34-36,38,41,43-44,46,52,55,64H,4-6,13-15,22-24,29-30,33,37,39-40,42,45,47-51,53-54,56-63H2,1-3H3/b10-7-,11-8-,12-9-,19-16-,20-17-,21-18-,27-25-,28-26-,32-31-,36-34-,38-35-,44-41-,46-43-,55-52-. The number of carbonyl (C=O) groups is 3. The maximum atomic E-state index is 12.8. The minimum absolute atomic E-state index is 0.132. The lowest BCUT2D eigenvalue weighted by atomic mass is 10.1. The van der Waals surface area contributed by atoms with Crippen LogP contribution in [0, 0.1) is 0 Å². The van der Waals surface area contributed by atoms with E-state index in [1.807, 2.05) is 12.2 Å². The number of esters is 3. The Labute approximate surface area is 447 Å². The highest BCUT2D eigenvalue weighted by molar-refractivity contribution is 5.71. The van der Waals surface area contributed by atoms with Crippen molar-refractivity contribution in [3.8, 4) is 0 Å². The van der Waals surface area contributed by atoms with Crippen LogP contribution in [0.25, 0.3) is 0 Å². The van der Waals surface area contributed by atoms with E-state index in [-0.39, 0.29) is 31.6 Å². The first-order valence-corrected chi connectivity index (χ1v) is 28.6. The molecule has 1 unspecified atom stereocenters. The van der Waals surface area contributed by atoms with E-state index in [0.29, 0.717) is 19.3 Å². The normalized spacial score (nSPS) is 13.4. The fourth-order valence-corrected chi connectivity index (χ4v) is 7.04. The molecule has 0 aromatic carbocycles. The fraction of sp³-hybridized carbons (Fsp3) is 0.537. The smallest absolute Gasteiger partial charge is 0.306 e. The van der Waals surface area contributed by atoms with Gasteiger partial charge >= 0.3 is 17.9 Å². The van der Waals surface area contributed by atoms with Crippen LogP contribution in [0.15, 0.2) is 170 Å². The van der Waals surface area contributed by atoms with Crippen LogP contribution in [0.5, 0.6) is 0 Å². The molecule has 0 spiro atoms. The lowest BCUT2D eigenvalue weighted by molar-refractivity contribution is -0.166. The van der Waals surface area contributed by atoms with Crippen LogP contribution in [0.1, 0.15) is 213 Å². The quantitative estimate of drug-likeness (QED) is 0.0261. The molecule has 0 heterocycles. The van der Waals surface area contributed by atoms with Gasteiger partial charge in [0.15, 0.2) is 6.10 Å². The van der Waals surface area contributed by atoms with Crippen molar-refractivity contribution < 1.29 is 28.6 Å². The van der Waals surface area contributed by atoms with Gasteiger partial charge in [-0.05, 0) is 135 Å². The van der Waals surface area contributed by atoms with Gasteiger partial charge in [-0.25, -0.2) is 0 Å². The van der Waals surface area contributed by atoms with Gasteiger partial charge in [0.1, 0.15) is 13.2 Å². The minimum Gasteiger partial charge on any atom is -0.462 e. The highest BCUT2D eigenvalue weighted by Gasteiger charge is 2.19. The molecule has 0 saturated carbocycles. The second-order valence-corrected chi connectivity index (χ2v) is 18.0. The lowest BCUT2D eigenvalue weighted by Gasteiger charge is -2.18. The molecule has 406 valence electrons. The Morgan fingerprint density at radius 3 is 0.836 bits per heavy atom. The van der Waals surface area contributed by atoms with Gasteiger partial charge in [-0.2, -0.15) is 0 Å². The molecule has 0 rings (SSSR count). The number of unbranched alkanes of at least 4 members (excludes halogenated alkanes) is 10. The average molecular weight is 1000 g/mol. The predicted molar refractivity (Wildman–Crippen MR) is 315 cm³/mol. The fourth-order valence-electron chi connectivity index (χ4n) is 7.04. The summed E-state index contributed by atoms with van der Waals surface area (Å²) in [6, 6.07) is 0. The highest BCUT2D eigenvalue weighted by atomic mass is 16.6. The molecule has 0 aliphatic carbocycles. The van der Waals surface area contributed by atoms with E-state index in [4.69, 9.17) is 14.2 Å². The number of ether oxygens (including phenoxy) is 3. The minimum atomic E-state index is -0.845.